The van der Waals surface area contributed by atoms with E-state index in [1.807, 2.05) is 18.3 Å². The molecule has 0 aromatic carbocycles. The van der Waals surface area contributed by atoms with E-state index in [1.54, 1.807) is 7.11 Å². The summed E-state index contributed by atoms with van der Waals surface area (Å²) in [5.74, 6) is 1.61. The molecule has 0 aliphatic carbocycles. The molecule has 1 aliphatic heterocycles. The van der Waals surface area contributed by atoms with E-state index in [0.717, 1.165) is 49.6 Å². The maximum absolute atomic E-state index is 5.44. The smallest absolute Gasteiger partial charge is 0.160 e. The van der Waals surface area contributed by atoms with Gasteiger partial charge in [-0.3, -0.25) is 0 Å². The zero-order valence-electron chi connectivity index (χ0n) is 11.2. The van der Waals surface area contributed by atoms with Crippen LogP contribution in [0.5, 0.6) is 0 Å². The molecule has 5 nitrogen and oxygen atoms in total. The normalized spacial score (nSPS) is 17.1. The summed E-state index contributed by atoms with van der Waals surface area (Å²) < 4.78 is 12.8. The summed E-state index contributed by atoms with van der Waals surface area (Å²) in [6, 6.07) is 3.96. The minimum atomic E-state index is 0.472. The third-order valence-corrected chi connectivity index (χ3v) is 3.64. The molecule has 0 amide bonds. The van der Waals surface area contributed by atoms with E-state index in [1.165, 1.54) is 0 Å². The molecule has 2 aromatic heterocycles. The van der Waals surface area contributed by atoms with Crippen LogP contribution < -0.4 is 0 Å². The molecule has 19 heavy (non-hydrogen) atoms. The zero-order valence-corrected chi connectivity index (χ0v) is 11.2. The average Bonchev–Trinajstić information content (AvgIpc) is 2.85. The van der Waals surface area contributed by atoms with Crippen LogP contribution in [0.1, 0.15) is 24.6 Å². The first-order valence-electron chi connectivity index (χ1n) is 6.78. The lowest BCUT2D eigenvalue weighted by Crippen LogP contribution is -2.19. The number of hydrogen-bond donors (Lipinski definition) is 0. The van der Waals surface area contributed by atoms with Crippen LogP contribution in [0.25, 0.3) is 11.2 Å². The number of nitrogens with zero attached hydrogens (tertiary/aromatic N) is 3. The van der Waals surface area contributed by atoms with Gasteiger partial charge >= 0.3 is 0 Å². The molecule has 1 aliphatic rings. The predicted octanol–water partition coefficient (Wildman–Crippen LogP) is 1.97. The molecule has 0 bridgehead atoms. The number of ether oxygens (including phenoxy) is 2. The van der Waals surface area contributed by atoms with Crippen molar-refractivity contribution in [2.24, 2.45) is 0 Å². The first-order valence-corrected chi connectivity index (χ1v) is 6.78. The average molecular weight is 261 g/mol. The highest BCUT2D eigenvalue weighted by Gasteiger charge is 2.22. The summed E-state index contributed by atoms with van der Waals surface area (Å²) in [5.41, 5.74) is 1.93. The van der Waals surface area contributed by atoms with Gasteiger partial charge in [-0.2, -0.15) is 0 Å². The van der Waals surface area contributed by atoms with Crippen molar-refractivity contribution in [2.75, 3.05) is 26.9 Å². The lowest BCUT2D eigenvalue weighted by Gasteiger charge is -2.22. The summed E-state index contributed by atoms with van der Waals surface area (Å²) >= 11 is 0. The predicted molar refractivity (Wildman–Crippen MR) is 72.2 cm³/mol. The largest absolute Gasteiger partial charge is 0.383 e. The second-order valence-corrected chi connectivity index (χ2v) is 4.85. The second-order valence-electron chi connectivity index (χ2n) is 4.85. The highest BCUT2D eigenvalue weighted by atomic mass is 16.5. The Bertz CT molecular complexity index is 547. The SMILES string of the molecule is COCCn1c(C2CCOCC2)nc2cccnc21. The molecule has 0 radical (unpaired) electrons. The molecule has 0 saturated carbocycles. The molecule has 0 unspecified atom stereocenters. The summed E-state index contributed by atoms with van der Waals surface area (Å²) in [6.45, 7) is 3.13. The first-order chi connectivity index (χ1) is 9.40. The van der Waals surface area contributed by atoms with Gasteiger partial charge in [-0.15, -0.1) is 0 Å². The van der Waals surface area contributed by atoms with Gasteiger partial charge in [-0.1, -0.05) is 0 Å². The van der Waals surface area contributed by atoms with Gasteiger partial charge in [-0.05, 0) is 25.0 Å². The van der Waals surface area contributed by atoms with Gasteiger partial charge in [-0.25, -0.2) is 9.97 Å². The second kappa shape index (κ2) is 5.67. The fourth-order valence-corrected chi connectivity index (χ4v) is 2.65. The van der Waals surface area contributed by atoms with Crippen molar-refractivity contribution in [2.45, 2.75) is 25.3 Å². The van der Waals surface area contributed by atoms with E-state index in [2.05, 4.69) is 9.55 Å². The van der Waals surface area contributed by atoms with Crippen LogP contribution in [-0.4, -0.2) is 41.5 Å². The van der Waals surface area contributed by atoms with Gasteiger partial charge in [0, 0.05) is 39.0 Å². The number of imidazole rings is 1. The van der Waals surface area contributed by atoms with E-state index in [-0.39, 0.29) is 0 Å². The van der Waals surface area contributed by atoms with Gasteiger partial charge < -0.3 is 14.0 Å². The fourth-order valence-electron chi connectivity index (χ4n) is 2.65. The molecule has 0 spiro atoms. The summed E-state index contributed by atoms with van der Waals surface area (Å²) in [5, 5.41) is 0. The van der Waals surface area contributed by atoms with Gasteiger partial charge in [0.25, 0.3) is 0 Å². The molecule has 102 valence electrons. The van der Waals surface area contributed by atoms with E-state index >= 15 is 0 Å². The molecular weight excluding hydrogens is 242 g/mol. The highest BCUT2D eigenvalue weighted by Crippen LogP contribution is 2.28. The van der Waals surface area contributed by atoms with Crippen molar-refractivity contribution in [3.63, 3.8) is 0 Å². The number of aromatic nitrogens is 3. The van der Waals surface area contributed by atoms with Crippen molar-refractivity contribution in [1.82, 2.24) is 14.5 Å². The molecule has 2 aromatic rings. The van der Waals surface area contributed by atoms with Gasteiger partial charge in [0.1, 0.15) is 11.3 Å². The first kappa shape index (κ1) is 12.6. The monoisotopic (exact) mass is 261 g/mol. The lowest BCUT2D eigenvalue weighted by molar-refractivity contribution is 0.0825. The van der Waals surface area contributed by atoms with Gasteiger partial charge in [0.05, 0.1) is 6.61 Å². The number of rotatable bonds is 4. The van der Waals surface area contributed by atoms with Crippen LogP contribution in [0.2, 0.25) is 0 Å². The maximum Gasteiger partial charge on any atom is 0.160 e. The third-order valence-electron chi connectivity index (χ3n) is 3.64. The standard InChI is InChI=1S/C14H19N3O2/c1-18-10-7-17-13(11-4-8-19-9-5-11)16-12-3-2-6-15-14(12)17/h2-3,6,11H,4-5,7-10H2,1H3. The van der Waals surface area contributed by atoms with E-state index in [4.69, 9.17) is 14.5 Å². The van der Waals surface area contributed by atoms with Crippen LogP contribution in [-0.2, 0) is 16.0 Å². The van der Waals surface area contributed by atoms with Crippen LogP contribution in [0, 0.1) is 0 Å². The Hall–Kier alpha value is -1.46. The van der Waals surface area contributed by atoms with Gasteiger partial charge in [0.2, 0.25) is 0 Å². The zero-order chi connectivity index (χ0) is 13.1. The van der Waals surface area contributed by atoms with E-state index in [0.29, 0.717) is 12.5 Å². The van der Waals surface area contributed by atoms with Crippen molar-refractivity contribution in [3.05, 3.63) is 24.2 Å². The number of fused-ring (bicyclic) bond motifs is 1. The highest BCUT2D eigenvalue weighted by molar-refractivity contribution is 5.71. The molecule has 0 N–H and O–H groups in total. The Morgan fingerprint density at radius 2 is 2.26 bits per heavy atom. The van der Waals surface area contributed by atoms with Crippen LogP contribution in [0.4, 0.5) is 0 Å². The Morgan fingerprint density at radius 1 is 1.42 bits per heavy atom. The Labute approximate surface area is 112 Å². The topological polar surface area (TPSA) is 49.2 Å². The number of hydrogen-bond acceptors (Lipinski definition) is 4. The van der Waals surface area contributed by atoms with E-state index in [9.17, 15) is 0 Å². The molecular formula is C14H19N3O2. The van der Waals surface area contributed by atoms with E-state index < -0.39 is 0 Å². The van der Waals surface area contributed by atoms with Crippen molar-refractivity contribution in [1.29, 1.82) is 0 Å². The van der Waals surface area contributed by atoms with Crippen LogP contribution in [0.3, 0.4) is 0 Å². The Morgan fingerprint density at radius 3 is 3.05 bits per heavy atom. The van der Waals surface area contributed by atoms with Crippen molar-refractivity contribution in [3.8, 4) is 0 Å². The Balaban J connectivity index is 2.00. The maximum atomic E-state index is 5.44. The number of methoxy groups -OCH3 is 1. The molecule has 3 rings (SSSR count). The third kappa shape index (κ3) is 2.48. The Kier molecular flexibility index (Phi) is 3.75. The molecule has 5 heteroatoms. The van der Waals surface area contributed by atoms with Crippen molar-refractivity contribution < 1.29 is 9.47 Å². The minimum Gasteiger partial charge on any atom is -0.383 e. The quantitative estimate of drug-likeness (QED) is 0.844. The van der Waals surface area contributed by atoms with Gasteiger partial charge in [0.15, 0.2) is 5.65 Å². The van der Waals surface area contributed by atoms with Crippen molar-refractivity contribution >= 4 is 11.2 Å². The minimum absolute atomic E-state index is 0.472. The molecule has 3 heterocycles. The summed E-state index contributed by atoms with van der Waals surface area (Å²) in [6.07, 6.45) is 3.90. The van der Waals surface area contributed by atoms with Crippen LogP contribution in [0.15, 0.2) is 18.3 Å². The lowest BCUT2D eigenvalue weighted by atomic mass is 9.99. The molecule has 1 fully saturated rings. The molecule has 1 saturated heterocycles. The van der Waals surface area contributed by atoms with Crippen LogP contribution >= 0.6 is 0 Å². The summed E-state index contributed by atoms with van der Waals surface area (Å²) in [4.78, 5) is 9.24. The molecule has 0 atom stereocenters. The fraction of sp³-hybridized carbons (Fsp3) is 0.571. The summed E-state index contributed by atoms with van der Waals surface area (Å²) in [7, 11) is 1.72. The number of pyridine rings is 1.